The quantitative estimate of drug-likeness (QED) is 0.422. The van der Waals surface area contributed by atoms with Gasteiger partial charge in [-0.25, -0.2) is 4.79 Å². The lowest BCUT2D eigenvalue weighted by Crippen LogP contribution is -2.51. The van der Waals surface area contributed by atoms with Gasteiger partial charge in [-0.15, -0.1) is 0 Å². The van der Waals surface area contributed by atoms with Crippen molar-refractivity contribution in [2.45, 2.75) is 24.0 Å². The van der Waals surface area contributed by atoms with Gasteiger partial charge < -0.3 is 25.8 Å². The zero-order valence-electron chi connectivity index (χ0n) is 13.4. The number of halogens is 1. The van der Waals surface area contributed by atoms with Crippen LogP contribution in [-0.2, 0) is 10.5 Å². The average Bonchev–Trinajstić information content (AvgIpc) is 2.88. The van der Waals surface area contributed by atoms with Crippen LogP contribution >= 0.6 is 15.9 Å². The van der Waals surface area contributed by atoms with Crippen LogP contribution < -0.4 is 11.4 Å². The number of aliphatic hydroxyl groups is 3. The van der Waals surface area contributed by atoms with Gasteiger partial charge in [-0.2, -0.15) is 4.98 Å². The van der Waals surface area contributed by atoms with Gasteiger partial charge in [0.15, 0.2) is 11.9 Å². The summed E-state index contributed by atoms with van der Waals surface area (Å²) in [5.74, 6) is -0.498. The molecule has 0 amide bonds. The highest BCUT2D eigenvalue weighted by atomic mass is 79.9. The summed E-state index contributed by atoms with van der Waals surface area (Å²) in [6.07, 6.45) is -3.18. The molecule has 0 spiro atoms. The third-order valence-electron chi connectivity index (χ3n) is 4.23. The predicted molar refractivity (Wildman–Crippen MR) is 96.3 cm³/mol. The summed E-state index contributed by atoms with van der Waals surface area (Å²) in [4.78, 5) is 16.1. The Morgan fingerprint density at radius 3 is 2.58 bits per heavy atom. The van der Waals surface area contributed by atoms with Crippen molar-refractivity contribution in [2.75, 3.05) is 5.73 Å². The Kier molecular flexibility index (Phi) is 4.74. The zero-order valence-corrected chi connectivity index (χ0v) is 15.0. The summed E-state index contributed by atoms with van der Waals surface area (Å²) in [7, 11) is 0. The second-order valence-electron chi connectivity index (χ2n) is 5.74. The first-order chi connectivity index (χ1) is 12.3. The van der Waals surface area contributed by atoms with Crippen LogP contribution in [-0.4, -0.2) is 43.2 Å². The van der Waals surface area contributed by atoms with Crippen molar-refractivity contribution < 1.29 is 20.1 Å². The topological polar surface area (TPSA) is 131 Å². The highest BCUT2D eigenvalue weighted by Crippen LogP contribution is 2.42. The van der Waals surface area contributed by atoms with Crippen LogP contribution in [0.25, 0.3) is 0 Å². The van der Waals surface area contributed by atoms with Crippen molar-refractivity contribution in [3.63, 3.8) is 0 Å². The highest BCUT2D eigenvalue weighted by molar-refractivity contribution is 9.10. The molecular formula is C17H16BrN3O5. The van der Waals surface area contributed by atoms with Gasteiger partial charge in [0.05, 0.1) is 0 Å². The number of nitrogens with zero attached hydrogens (tertiary/aromatic N) is 2. The Hall–Kier alpha value is -2.42. The van der Waals surface area contributed by atoms with E-state index in [9.17, 15) is 20.1 Å². The van der Waals surface area contributed by atoms with E-state index in [0.29, 0.717) is 5.56 Å². The Morgan fingerprint density at radius 1 is 1.35 bits per heavy atom. The SMILES string of the molecule is C=C=C(O)[C@H]1O[C@@](c2ccc(Br)cc2)(n2ccc(N)nc2=O)[C@H](O)[C@@H]1O. The van der Waals surface area contributed by atoms with Crippen LogP contribution in [0.3, 0.4) is 0 Å². The Bertz CT molecular complexity index is 938. The van der Waals surface area contributed by atoms with E-state index in [2.05, 4.69) is 33.2 Å². The number of hydrogen-bond acceptors (Lipinski definition) is 7. The van der Waals surface area contributed by atoms with Gasteiger partial charge in [0.25, 0.3) is 0 Å². The molecule has 0 saturated carbocycles. The number of aliphatic hydroxyl groups excluding tert-OH is 3. The van der Waals surface area contributed by atoms with E-state index >= 15 is 0 Å². The van der Waals surface area contributed by atoms with Crippen molar-refractivity contribution >= 4 is 21.7 Å². The molecule has 2 heterocycles. The largest absolute Gasteiger partial charge is 0.502 e. The molecule has 26 heavy (non-hydrogen) atoms. The monoisotopic (exact) mass is 421 g/mol. The van der Waals surface area contributed by atoms with Gasteiger partial charge in [0.1, 0.15) is 18.0 Å². The van der Waals surface area contributed by atoms with E-state index in [-0.39, 0.29) is 5.82 Å². The van der Waals surface area contributed by atoms with Crippen molar-refractivity contribution in [2.24, 2.45) is 0 Å². The molecule has 136 valence electrons. The molecule has 1 fully saturated rings. The summed E-state index contributed by atoms with van der Waals surface area (Å²) < 4.78 is 7.62. The first kappa shape index (κ1) is 18.4. The van der Waals surface area contributed by atoms with Crippen LogP contribution in [0, 0.1) is 0 Å². The lowest BCUT2D eigenvalue weighted by molar-refractivity contribution is -0.111. The van der Waals surface area contributed by atoms with Crippen molar-refractivity contribution in [3.05, 3.63) is 75.1 Å². The highest BCUT2D eigenvalue weighted by Gasteiger charge is 2.58. The van der Waals surface area contributed by atoms with E-state index in [1.54, 1.807) is 24.3 Å². The average molecular weight is 422 g/mol. The first-order valence-electron chi connectivity index (χ1n) is 7.56. The van der Waals surface area contributed by atoms with Gasteiger partial charge in [0.2, 0.25) is 5.72 Å². The minimum atomic E-state index is -1.84. The van der Waals surface area contributed by atoms with E-state index in [4.69, 9.17) is 10.5 Å². The van der Waals surface area contributed by atoms with Crippen LogP contribution in [0.5, 0.6) is 0 Å². The van der Waals surface area contributed by atoms with Crippen LogP contribution in [0.4, 0.5) is 5.82 Å². The number of anilines is 1. The number of rotatable bonds is 3. The van der Waals surface area contributed by atoms with E-state index in [1.165, 1.54) is 12.3 Å². The molecule has 1 aliphatic rings. The number of nitrogens with two attached hydrogens (primary N) is 1. The lowest BCUT2D eigenvalue weighted by atomic mass is 9.94. The molecule has 9 heteroatoms. The summed E-state index contributed by atoms with van der Waals surface area (Å²) >= 11 is 3.31. The summed E-state index contributed by atoms with van der Waals surface area (Å²) in [5.41, 5.74) is 5.50. The molecule has 0 unspecified atom stereocenters. The molecule has 0 radical (unpaired) electrons. The van der Waals surface area contributed by atoms with Gasteiger partial charge in [-0.05, 0) is 18.2 Å². The molecule has 1 saturated heterocycles. The normalized spacial score (nSPS) is 27.9. The fourth-order valence-electron chi connectivity index (χ4n) is 2.98. The van der Waals surface area contributed by atoms with Crippen LogP contribution in [0.15, 0.2) is 63.9 Å². The Labute approximate surface area is 156 Å². The minimum absolute atomic E-state index is 0.00405. The van der Waals surface area contributed by atoms with Gasteiger partial charge in [-0.3, -0.25) is 4.57 Å². The smallest absolute Gasteiger partial charge is 0.352 e. The standard InChI is InChI=1S/C17H16BrN3O5/c1-2-11(22)14-13(23)15(24)17(26-14,9-3-5-10(18)6-4-9)21-8-7-12(19)20-16(21)25/h3-8,13-15,22-24H,1H2,(H2,19,20,25)/t13-,14-,15-,17-/m1/s1. The lowest BCUT2D eigenvalue weighted by Gasteiger charge is -2.34. The number of aromatic nitrogens is 2. The Balaban J connectivity index is 2.29. The van der Waals surface area contributed by atoms with E-state index in [0.717, 1.165) is 9.04 Å². The molecule has 1 aromatic heterocycles. The summed E-state index contributed by atoms with van der Waals surface area (Å²) in [6.45, 7) is 3.31. The fraction of sp³-hybridized carbons (Fsp3) is 0.235. The third-order valence-corrected chi connectivity index (χ3v) is 4.76. The van der Waals surface area contributed by atoms with Gasteiger partial charge in [-0.1, -0.05) is 40.4 Å². The second kappa shape index (κ2) is 6.71. The molecule has 8 nitrogen and oxygen atoms in total. The van der Waals surface area contributed by atoms with Crippen LogP contribution in [0.2, 0.25) is 0 Å². The third kappa shape index (κ3) is 2.76. The zero-order chi connectivity index (χ0) is 19.1. The van der Waals surface area contributed by atoms with Crippen molar-refractivity contribution in [3.8, 4) is 0 Å². The fourth-order valence-corrected chi connectivity index (χ4v) is 3.25. The maximum absolute atomic E-state index is 12.5. The summed E-state index contributed by atoms with van der Waals surface area (Å²) in [6, 6.07) is 7.96. The van der Waals surface area contributed by atoms with Gasteiger partial charge >= 0.3 is 5.69 Å². The molecule has 5 N–H and O–H groups in total. The molecular weight excluding hydrogens is 406 g/mol. The molecule has 4 atom stereocenters. The number of benzene rings is 1. The Morgan fingerprint density at radius 2 is 2.00 bits per heavy atom. The van der Waals surface area contributed by atoms with Crippen molar-refractivity contribution in [1.82, 2.24) is 9.55 Å². The minimum Gasteiger partial charge on any atom is -0.502 e. The molecule has 2 aromatic rings. The maximum Gasteiger partial charge on any atom is 0.352 e. The maximum atomic E-state index is 12.5. The van der Waals surface area contributed by atoms with Gasteiger partial charge in [0, 0.05) is 16.2 Å². The first-order valence-corrected chi connectivity index (χ1v) is 8.35. The number of ether oxygens (including phenoxy) is 1. The predicted octanol–water partition coefficient (Wildman–Crippen LogP) is 0.636. The van der Waals surface area contributed by atoms with E-state index in [1.807, 2.05) is 0 Å². The molecule has 0 bridgehead atoms. The summed E-state index contributed by atoms with van der Waals surface area (Å²) in [5, 5.41) is 31.2. The van der Waals surface area contributed by atoms with E-state index < -0.39 is 35.5 Å². The molecule has 1 aliphatic heterocycles. The molecule has 1 aromatic carbocycles. The number of nitrogen functional groups attached to an aromatic ring is 1. The molecule has 0 aliphatic carbocycles. The second-order valence-corrected chi connectivity index (χ2v) is 6.66. The van der Waals surface area contributed by atoms with Crippen LogP contribution in [0.1, 0.15) is 5.56 Å². The van der Waals surface area contributed by atoms with Crippen molar-refractivity contribution in [1.29, 1.82) is 0 Å². The number of hydrogen-bond donors (Lipinski definition) is 4. The molecule has 3 rings (SSSR count).